The molecule has 0 aliphatic carbocycles. The molecule has 0 amide bonds. The van der Waals surface area contributed by atoms with Crippen molar-refractivity contribution in [2.75, 3.05) is 6.54 Å². The van der Waals surface area contributed by atoms with Crippen molar-refractivity contribution in [2.45, 2.75) is 97.8 Å². The predicted molar refractivity (Wildman–Crippen MR) is 134 cm³/mol. The highest BCUT2D eigenvalue weighted by Crippen LogP contribution is 2.40. The summed E-state index contributed by atoms with van der Waals surface area (Å²) in [6, 6.07) is 21.4. The third-order valence-electron chi connectivity index (χ3n) is 6.72. The van der Waals surface area contributed by atoms with Crippen molar-refractivity contribution in [2.24, 2.45) is 5.41 Å². The maximum absolute atomic E-state index is 11.7. The first-order chi connectivity index (χ1) is 15.1. The minimum atomic E-state index is -0.287. The summed E-state index contributed by atoms with van der Waals surface area (Å²) in [7, 11) is 0. The molecule has 31 heavy (non-hydrogen) atoms. The van der Waals surface area contributed by atoms with Gasteiger partial charge in [-0.25, -0.2) is 0 Å². The van der Waals surface area contributed by atoms with Gasteiger partial charge in [-0.15, -0.1) is 0 Å². The highest BCUT2D eigenvalue weighted by molar-refractivity contribution is 5.17. The van der Waals surface area contributed by atoms with Gasteiger partial charge in [0.2, 0.25) is 0 Å². The third-order valence-corrected chi connectivity index (χ3v) is 6.72. The van der Waals surface area contributed by atoms with Crippen LogP contribution in [0.3, 0.4) is 0 Å². The van der Waals surface area contributed by atoms with E-state index in [4.69, 9.17) is 0 Å². The van der Waals surface area contributed by atoms with E-state index >= 15 is 0 Å². The molecular weight excluding hydrogens is 378 g/mol. The van der Waals surface area contributed by atoms with E-state index in [9.17, 15) is 5.11 Å². The van der Waals surface area contributed by atoms with Gasteiger partial charge in [-0.05, 0) is 35.8 Å². The highest BCUT2D eigenvalue weighted by atomic mass is 16.3. The number of aliphatic hydroxyl groups excluding tert-OH is 1. The minimum Gasteiger partial charge on any atom is -0.391 e. The highest BCUT2D eigenvalue weighted by Gasteiger charge is 2.37. The smallest absolute Gasteiger partial charge is 0.0723 e. The van der Waals surface area contributed by atoms with Crippen LogP contribution in [0, 0.1) is 5.41 Å². The molecule has 0 saturated carbocycles. The quantitative estimate of drug-likeness (QED) is 0.300. The van der Waals surface area contributed by atoms with Crippen molar-refractivity contribution in [1.29, 1.82) is 0 Å². The lowest BCUT2D eigenvalue weighted by atomic mass is 9.70. The third kappa shape index (κ3) is 8.79. The zero-order valence-electron chi connectivity index (χ0n) is 20.2. The molecule has 2 nitrogen and oxygen atoms in total. The Kier molecular flexibility index (Phi) is 11.9. The second kappa shape index (κ2) is 14.4. The molecule has 1 atom stereocenters. The van der Waals surface area contributed by atoms with Crippen molar-refractivity contribution >= 4 is 0 Å². The SMILES string of the molecule is CCCCC(CCCC)(CCCC)[C@H](O)CN(Cc1ccccc1)Cc1ccccc1. The Labute approximate surface area is 191 Å². The monoisotopic (exact) mass is 423 g/mol. The number of hydrogen-bond donors (Lipinski definition) is 1. The molecule has 2 aromatic carbocycles. The number of nitrogens with zero attached hydrogens (tertiary/aromatic N) is 1. The summed E-state index contributed by atoms with van der Waals surface area (Å²) in [6.07, 6.45) is 10.4. The predicted octanol–water partition coefficient (Wildman–Crippen LogP) is 7.61. The van der Waals surface area contributed by atoms with Gasteiger partial charge in [0.15, 0.2) is 0 Å². The Morgan fingerprint density at radius 3 is 1.42 bits per heavy atom. The van der Waals surface area contributed by atoms with E-state index < -0.39 is 0 Å². The van der Waals surface area contributed by atoms with Gasteiger partial charge in [-0.2, -0.15) is 0 Å². The van der Waals surface area contributed by atoms with E-state index in [1.807, 2.05) is 0 Å². The summed E-state index contributed by atoms with van der Waals surface area (Å²) in [5, 5.41) is 11.7. The fourth-order valence-electron chi connectivity index (χ4n) is 4.77. The molecule has 1 N–H and O–H groups in total. The summed E-state index contributed by atoms with van der Waals surface area (Å²) >= 11 is 0. The molecule has 0 saturated heterocycles. The maximum atomic E-state index is 11.7. The van der Waals surface area contributed by atoms with Gasteiger partial charge < -0.3 is 5.11 Å². The fourth-order valence-corrected chi connectivity index (χ4v) is 4.77. The van der Waals surface area contributed by atoms with Crippen LogP contribution in [0.25, 0.3) is 0 Å². The Morgan fingerprint density at radius 2 is 1.06 bits per heavy atom. The summed E-state index contributed by atoms with van der Waals surface area (Å²) in [6.45, 7) is 9.30. The van der Waals surface area contributed by atoms with Gasteiger partial charge in [0.05, 0.1) is 6.10 Å². The first-order valence-electron chi connectivity index (χ1n) is 12.6. The molecule has 0 spiro atoms. The summed E-state index contributed by atoms with van der Waals surface area (Å²) in [5.41, 5.74) is 2.67. The number of benzene rings is 2. The number of rotatable bonds is 16. The van der Waals surface area contributed by atoms with Crippen LogP contribution in [-0.4, -0.2) is 22.7 Å². The molecule has 0 radical (unpaired) electrons. The second-order valence-corrected chi connectivity index (χ2v) is 9.33. The van der Waals surface area contributed by atoms with Crippen LogP contribution in [-0.2, 0) is 13.1 Å². The number of unbranched alkanes of at least 4 members (excludes halogenated alkanes) is 3. The van der Waals surface area contributed by atoms with Crippen molar-refractivity contribution in [3.63, 3.8) is 0 Å². The van der Waals surface area contributed by atoms with Crippen LogP contribution >= 0.6 is 0 Å². The fraction of sp³-hybridized carbons (Fsp3) is 0.586. The first-order valence-corrected chi connectivity index (χ1v) is 12.6. The molecule has 2 aromatic rings. The van der Waals surface area contributed by atoms with Crippen molar-refractivity contribution in [3.8, 4) is 0 Å². The van der Waals surface area contributed by atoms with Crippen LogP contribution in [0.5, 0.6) is 0 Å². The molecule has 2 heteroatoms. The van der Waals surface area contributed by atoms with Gasteiger partial charge >= 0.3 is 0 Å². The first kappa shape index (κ1) is 25.6. The largest absolute Gasteiger partial charge is 0.391 e. The van der Waals surface area contributed by atoms with E-state index in [0.29, 0.717) is 0 Å². The van der Waals surface area contributed by atoms with Gasteiger partial charge in [0.25, 0.3) is 0 Å². The standard InChI is InChI=1S/C29H45NO/c1-4-7-20-29(21-8-5-2,22-9-6-3)28(31)25-30(23-26-16-12-10-13-17-26)24-27-18-14-11-15-19-27/h10-19,28,31H,4-9,20-25H2,1-3H3/t28-/m1/s1. The molecule has 0 fully saturated rings. The lowest BCUT2D eigenvalue weighted by molar-refractivity contribution is -0.0262. The normalized spacial score (nSPS) is 12.9. The van der Waals surface area contributed by atoms with Crippen LogP contribution in [0.2, 0.25) is 0 Å². The summed E-state index contributed by atoms with van der Waals surface area (Å²) in [4.78, 5) is 2.45. The van der Waals surface area contributed by atoms with Gasteiger partial charge in [-0.3, -0.25) is 4.90 Å². The van der Waals surface area contributed by atoms with Gasteiger partial charge in [0.1, 0.15) is 0 Å². The summed E-state index contributed by atoms with van der Waals surface area (Å²) in [5.74, 6) is 0. The Morgan fingerprint density at radius 1 is 0.677 bits per heavy atom. The average Bonchev–Trinajstić information content (AvgIpc) is 2.80. The van der Waals surface area contributed by atoms with Crippen LogP contribution in [0.4, 0.5) is 0 Å². The minimum absolute atomic E-state index is 0.0493. The van der Waals surface area contributed by atoms with E-state index in [0.717, 1.165) is 38.9 Å². The molecule has 0 heterocycles. The number of hydrogen-bond acceptors (Lipinski definition) is 2. The van der Waals surface area contributed by atoms with E-state index in [1.54, 1.807) is 0 Å². The van der Waals surface area contributed by atoms with Gasteiger partial charge in [0, 0.05) is 19.6 Å². The zero-order chi connectivity index (χ0) is 22.4. The van der Waals surface area contributed by atoms with E-state index in [2.05, 4.69) is 86.3 Å². The van der Waals surface area contributed by atoms with E-state index in [-0.39, 0.29) is 11.5 Å². The molecule has 0 aliphatic rings. The topological polar surface area (TPSA) is 23.5 Å². The maximum Gasteiger partial charge on any atom is 0.0723 e. The Bertz CT molecular complexity index is 621. The van der Waals surface area contributed by atoms with E-state index in [1.165, 1.54) is 49.7 Å². The molecule has 0 bridgehead atoms. The molecule has 0 aliphatic heterocycles. The molecule has 2 rings (SSSR count). The summed E-state index contributed by atoms with van der Waals surface area (Å²) < 4.78 is 0. The van der Waals surface area contributed by atoms with Crippen molar-refractivity contribution < 1.29 is 5.11 Å². The lowest BCUT2D eigenvalue weighted by Gasteiger charge is -2.41. The van der Waals surface area contributed by atoms with Crippen molar-refractivity contribution in [3.05, 3.63) is 71.8 Å². The molecule has 0 aromatic heterocycles. The average molecular weight is 424 g/mol. The second-order valence-electron chi connectivity index (χ2n) is 9.33. The van der Waals surface area contributed by atoms with Crippen LogP contribution < -0.4 is 0 Å². The van der Waals surface area contributed by atoms with Crippen molar-refractivity contribution in [1.82, 2.24) is 4.90 Å². The zero-order valence-corrected chi connectivity index (χ0v) is 20.2. The Hall–Kier alpha value is -1.64. The van der Waals surface area contributed by atoms with Crippen LogP contribution in [0.15, 0.2) is 60.7 Å². The molecule has 172 valence electrons. The molecule has 0 unspecified atom stereocenters. The molecular formula is C29H45NO. The number of aliphatic hydroxyl groups is 1. The lowest BCUT2D eigenvalue weighted by Crippen LogP contribution is -2.43. The van der Waals surface area contributed by atoms with Gasteiger partial charge in [-0.1, -0.05) is 120 Å². The van der Waals surface area contributed by atoms with Crippen LogP contribution in [0.1, 0.15) is 89.7 Å². The Balaban J connectivity index is 2.23.